The van der Waals surface area contributed by atoms with Crippen molar-refractivity contribution >= 4 is 38.3 Å². The zero-order valence-electron chi connectivity index (χ0n) is 16.8. The maximum Gasteiger partial charge on any atom is 0.229 e. The third-order valence-electron chi connectivity index (χ3n) is 5.87. The molecule has 5 rings (SSSR count). The molecule has 30 heavy (non-hydrogen) atoms. The highest BCUT2D eigenvalue weighted by atomic mass is 32.1. The van der Waals surface area contributed by atoms with Crippen molar-refractivity contribution in [3.63, 3.8) is 0 Å². The lowest BCUT2D eigenvalue weighted by molar-refractivity contribution is -0.136. The number of hydrogen-bond acceptors (Lipinski definition) is 6. The van der Waals surface area contributed by atoms with Crippen LogP contribution in [0.5, 0.6) is 5.75 Å². The van der Waals surface area contributed by atoms with Crippen LogP contribution >= 0.6 is 11.3 Å². The Kier molecular flexibility index (Phi) is 4.94. The van der Waals surface area contributed by atoms with Crippen LogP contribution in [0.4, 0.5) is 15.2 Å². The highest BCUT2D eigenvalue weighted by Gasteiger charge is 2.37. The largest absolute Gasteiger partial charge is 0.497 e. The van der Waals surface area contributed by atoms with Gasteiger partial charge >= 0.3 is 0 Å². The van der Waals surface area contributed by atoms with E-state index in [-0.39, 0.29) is 17.6 Å². The van der Waals surface area contributed by atoms with Crippen molar-refractivity contribution in [3.05, 3.63) is 48.3 Å². The number of anilines is 2. The van der Waals surface area contributed by atoms with Gasteiger partial charge in [0.25, 0.3) is 0 Å². The molecule has 0 radical (unpaired) electrons. The van der Waals surface area contributed by atoms with Crippen LogP contribution in [0.1, 0.15) is 0 Å². The normalized spacial score (nSPS) is 17.3. The van der Waals surface area contributed by atoms with E-state index in [0.29, 0.717) is 45.0 Å². The Bertz CT molecular complexity index is 1070. The average molecular weight is 427 g/mol. The van der Waals surface area contributed by atoms with E-state index in [1.54, 1.807) is 30.6 Å². The Labute approximate surface area is 178 Å². The standard InChI is InChI=1S/C22H23FN4O2S/c1-29-16-6-7-18-20(12-16)30-22(24-18)27-13-15(14-27)21(28)26-10-8-25(9-11-26)19-5-3-2-4-17(19)23/h2-7,12,15H,8-11,13-14H2,1H3. The fourth-order valence-electron chi connectivity index (χ4n) is 4.08. The molecule has 156 valence electrons. The molecule has 0 bridgehead atoms. The molecule has 0 N–H and O–H groups in total. The molecule has 0 unspecified atom stereocenters. The fourth-order valence-corrected chi connectivity index (χ4v) is 5.09. The topological polar surface area (TPSA) is 48.9 Å². The van der Waals surface area contributed by atoms with Gasteiger partial charge in [-0.3, -0.25) is 4.79 Å². The summed E-state index contributed by atoms with van der Waals surface area (Å²) < 4.78 is 20.4. The van der Waals surface area contributed by atoms with Gasteiger partial charge in [-0.1, -0.05) is 23.5 Å². The molecule has 2 saturated heterocycles. The second-order valence-electron chi connectivity index (χ2n) is 7.70. The number of carbonyl (C=O) groups excluding carboxylic acids is 1. The number of halogens is 1. The Morgan fingerprint density at radius 1 is 1.10 bits per heavy atom. The minimum absolute atomic E-state index is 0.00607. The van der Waals surface area contributed by atoms with E-state index in [2.05, 4.69) is 9.88 Å². The lowest BCUT2D eigenvalue weighted by atomic mass is 9.99. The fraction of sp³-hybridized carbons (Fsp3) is 0.364. The molecular formula is C22H23FN4O2S. The predicted octanol–water partition coefficient (Wildman–Crippen LogP) is 3.23. The van der Waals surface area contributed by atoms with Gasteiger partial charge in [-0.15, -0.1) is 0 Å². The van der Waals surface area contributed by atoms with E-state index in [9.17, 15) is 9.18 Å². The van der Waals surface area contributed by atoms with Gasteiger partial charge in [-0.25, -0.2) is 9.37 Å². The van der Waals surface area contributed by atoms with Crippen LogP contribution in [0.25, 0.3) is 10.2 Å². The number of piperazine rings is 1. The monoisotopic (exact) mass is 426 g/mol. The van der Waals surface area contributed by atoms with Crippen LogP contribution in [0.3, 0.4) is 0 Å². The van der Waals surface area contributed by atoms with Gasteiger partial charge in [-0.05, 0) is 30.3 Å². The van der Waals surface area contributed by atoms with Gasteiger partial charge < -0.3 is 19.4 Å². The highest BCUT2D eigenvalue weighted by molar-refractivity contribution is 7.22. The maximum atomic E-state index is 14.0. The van der Waals surface area contributed by atoms with Crippen molar-refractivity contribution in [1.29, 1.82) is 0 Å². The van der Waals surface area contributed by atoms with E-state index >= 15 is 0 Å². The first-order chi connectivity index (χ1) is 14.6. The molecule has 3 aromatic rings. The summed E-state index contributed by atoms with van der Waals surface area (Å²) in [6.45, 7) is 3.97. The van der Waals surface area contributed by atoms with E-state index in [1.165, 1.54) is 6.07 Å². The average Bonchev–Trinajstić information content (AvgIpc) is 3.15. The number of carbonyl (C=O) groups is 1. The summed E-state index contributed by atoms with van der Waals surface area (Å²) in [5, 5.41) is 0.951. The summed E-state index contributed by atoms with van der Waals surface area (Å²) in [7, 11) is 1.66. The summed E-state index contributed by atoms with van der Waals surface area (Å²) in [6, 6.07) is 12.7. The van der Waals surface area contributed by atoms with Gasteiger partial charge in [0.2, 0.25) is 5.91 Å². The van der Waals surface area contributed by atoms with Crippen LogP contribution in [0, 0.1) is 11.7 Å². The quantitative estimate of drug-likeness (QED) is 0.641. The predicted molar refractivity (Wildman–Crippen MR) is 117 cm³/mol. The molecular weight excluding hydrogens is 403 g/mol. The number of ether oxygens (including phenoxy) is 1. The summed E-state index contributed by atoms with van der Waals surface area (Å²) >= 11 is 1.63. The number of rotatable bonds is 4. The first-order valence-corrected chi connectivity index (χ1v) is 10.9. The Balaban J connectivity index is 1.17. The van der Waals surface area contributed by atoms with Crippen molar-refractivity contribution in [2.75, 3.05) is 56.2 Å². The van der Waals surface area contributed by atoms with Crippen LogP contribution in [-0.2, 0) is 4.79 Å². The zero-order chi connectivity index (χ0) is 20.7. The van der Waals surface area contributed by atoms with E-state index in [0.717, 1.165) is 21.1 Å². The first-order valence-electron chi connectivity index (χ1n) is 10.1. The molecule has 1 aromatic heterocycles. The molecule has 1 amide bonds. The Morgan fingerprint density at radius 3 is 2.60 bits per heavy atom. The molecule has 3 heterocycles. The van der Waals surface area contributed by atoms with E-state index < -0.39 is 0 Å². The number of fused-ring (bicyclic) bond motifs is 1. The highest BCUT2D eigenvalue weighted by Crippen LogP contribution is 2.35. The molecule has 2 fully saturated rings. The number of aromatic nitrogens is 1. The molecule has 0 spiro atoms. The molecule has 8 heteroatoms. The lowest BCUT2D eigenvalue weighted by Crippen LogP contribution is -2.58. The third kappa shape index (κ3) is 3.45. The van der Waals surface area contributed by atoms with Crippen LogP contribution in [-0.4, -0.2) is 62.2 Å². The van der Waals surface area contributed by atoms with Crippen LogP contribution in [0.15, 0.2) is 42.5 Å². The van der Waals surface area contributed by atoms with Gasteiger partial charge in [-0.2, -0.15) is 0 Å². The lowest BCUT2D eigenvalue weighted by Gasteiger charge is -2.43. The number of nitrogens with zero attached hydrogens (tertiary/aromatic N) is 4. The number of hydrogen-bond donors (Lipinski definition) is 0. The Hall–Kier alpha value is -2.87. The van der Waals surface area contributed by atoms with Crippen molar-refractivity contribution in [2.24, 2.45) is 5.92 Å². The summed E-state index contributed by atoms with van der Waals surface area (Å²) in [6.07, 6.45) is 0. The summed E-state index contributed by atoms with van der Waals surface area (Å²) in [5.74, 6) is 0.818. The van der Waals surface area contributed by atoms with Crippen molar-refractivity contribution in [3.8, 4) is 5.75 Å². The zero-order valence-corrected chi connectivity index (χ0v) is 17.6. The van der Waals surface area contributed by atoms with Crippen LogP contribution in [0.2, 0.25) is 0 Å². The van der Waals surface area contributed by atoms with Crippen LogP contribution < -0.4 is 14.5 Å². The van der Waals surface area contributed by atoms with Gasteiger partial charge in [0.05, 0.1) is 28.9 Å². The second kappa shape index (κ2) is 7.75. The first kappa shape index (κ1) is 19.1. The van der Waals surface area contributed by atoms with Crippen molar-refractivity contribution in [2.45, 2.75) is 0 Å². The van der Waals surface area contributed by atoms with Gasteiger partial charge in [0.1, 0.15) is 11.6 Å². The Morgan fingerprint density at radius 2 is 1.87 bits per heavy atom. The molecule has 2 aliphatic rings. The van der Waals surface area contributed by atoms with Crippen molar-refractivity contribution in [1.82, 2.24) is 9.88 Å². The number of methoxy groups -OCH3 is 1. The third-order valence-corrected chi connectivity index (χ3v) is 6.95. The maximum absolute atomic E-state index is 14.0. The molecule has 2 aromatic carbocycles. The number of para-hydroxylation sites is 1. The summed E-state index contributed by atoms with van der Waals surface area (Å²) in [4.78, 5) is 23.7. The van der Waals surface area contributed by atoms with Crippen molar-refractivity contribution < 1.29 is 13.9 Å². The van der Waals surface area contributed by atoms with Gasteiger partial charge in [0, 0.05) is 39.3 Å². The minimum atomic E-state index is -0.208. The smallest absolute Gasteiger partial charge is 0.229 e. The molecule has 0 aliphatic carbocycles. The van der Waals surface area contributed by atoms with E-state index in [1.807, 2.05) is 34.1 Å². The summed E-state index contributed by atoms with van der Waals surface area (Å²) in [5.41, 5.74) is 1.57. The number of thiazole rings is 1. The number of amides is 1. The van der Waals surface area contributed by atoms with Gasteiger partial charge in [0.15, 0.2) is 5.13 Å². The minimum Gasteiger partial charge on any atom is -0.497 e. The molecule has 0 atom stereocenters. The molecule has 0 saturated carbocycles. The number of benzene rings is 2. The molecule has 2 aliphatic heterocycles. The molecule has 6 nitrogen and oxygen atoms in total. The second-order valence-corrected chi connectivity index (χ2v) is 8.70. The van der Waals surface area contributed by atoms with E-state index in [4.69, 9.17) is 4.74 Å². The SMILES string of the molecule is COc1ccc2nc(N3CC(C(=O)N4CCN(c5ccccc5F)CC4)C3)sc2c1.